The number of hydrogen-bond acceptors (Lipinski definition) is 5. The third-order valence-corrected chi connectivity index (χ3v) is 4.04. The Labute approximate surface area is 165 Å². The highest BCUT2D eigenvalue weighted by molar-refractivity contribution is 14.0. The first-order chi connectivity index (χ1) is 11.7. The van der Waals surface area contributed by atoms with E-state index in [0.29, 0.717) is 26.2 Å². The van der Waals surface area contributed by atoms with Gasteiger partial charge in [-0.2, -0.15) is 0 Å². The van der Waals surface area contributed by atoms with Crippen LogP contribution >= 0.6 is 24.0 Å². The van der Waals surface area contributed by atoms with Gasteiger partial charge in [0, 0.05) is 32.7 Å². The first-order valence-electron chi connectivity index (χ1n) is 8.43. The van der Waals surface area contributed by atoms with Gasteiger partial charge in [-0.3, -0.25) is 4.99 Å². The summed E-state index contributed by atoms with van der Waals surface area (Å²) in [6.07, 6.45) is 3.23. The minimum atomic E-state index is -0.225. The van der Waals surface area contributed by atoms with E-state index in [4.69, 9.17) is 4.74 Å². The van der Waals surface area contributed by atoms with E-state index in [1.807, 2.05) is 11.5 Å². The number of nitrogens with one attached hydrogen (secondary N) is 2. The Morgan fingerprint density at radius 2 is 2.12 bits per heavy atom. The number of carbonyl (C=O) groups is 1. The molecule has 0 saturated carbocycles. The number of halogens is 1. The zero-order valence-electron chi connectivity index (χ0n) is 15.1. The van der Waals surface area contributed by atoms with Crippen LogP contribution in [0.1, 0.15) is 32.5 Å². The molecule has 0 bridgehead atoms. The highest BCUT2D eigenvalue weighted by atomic mass is 127. The fraction of sp³-hybridized carbons (Fsp3) is 0.733. The molecule has 1 amide bonds. The van der Waals surface area contributed by atoms with Gasteiger partial charge in [-0.25, -0.2) is 4.79 Å². The lowest BCUT2D eigenvalue weighted by Gasteiger charge is -2.32. The van der Waals surface area contributed by atoms with Crippen LogP contribution in [0.2, 0.25) is 0 Å². The molecule has 1 aromatic heterocycles. The maximum Gasteiger partial charge on any atom is 0.409 e. The van der Waals surface area contributed by atoms with Crippen LogP contribution in [0.25, 0.3) is 0 Å². The summed E-state index contributed by atoms with van der Waals surface area (Å²) in [5.41, 5.74) is 0. The van der Waals surface area contributed by atoms with E-state index >= 15 is 0 Å². The van der Waals surface area contributed by atoms with Crippen LogP contribution in [0, 0.1) is 0 Å². The van der Waals surface area contributed by atoms with Gasteiger partial charge in [0.15, 0.2) is 11.8 Å². The van der Waals surface area contributed by atoms with Crippen molar-refractivity contribution in [1.82, 2.24) is 30.3 Å². The van der Waals surface area contributed by atoms with E-state index in [1.54, 1.807) is 18.3 Å². The number of piperidine rings is 1. The number of hydrogen-bond donors (Lipinski definition) is 2. The largest absolute Gasteiger partial charge is 0.450 e. The van der Waals surface area contributed by atoms with Crippen LogP contribution in [0.3, 0.4) is 0 Å². The molecule has 0 unspecified atom stereocenters. The van der Waals surface area contributed by atoms with Crippen molar-refractivity contribution >= 4 is 36.0 Å². The molecule has 1 aliphatic heterocycles. The second kappa shape index (κ2) is 11.1. The predicted octanol–water partition coefficient (Wildman–Crippen LogP) is 1.20. The van der Waals surface area contributed by atoms with Crippen molar-refractivity contribution in [2.24, 2.45) is 4.99 Å². The van der Waals surface area contributed by atoms with Crippen LogP contribution in [-0.2, 0) is 17.8 Å². The van der Waals surface area contributed by atoms with Crippen molar-refractivity contribution in [1.29, 1.82) is 0 Å². The molecular weight excluding hydrogens is 437 g/mol. The molecule has 1 aliphatic rings. The van der Waals surface area contributed by atoms with Crippen molar-refractivity contribution in [3.63, 3.8) is 0 Å². The summed E-state index contributed by atoms with van der Waals surface area (Å²) in [6, 6.07) is 0.283. The topological polar surface area (TPSA) is 96.7 Å². The lowest BCUT2D eigenvalue weighted by Crippen LogP contribution is -2.49. The smallest absolute Gasteiger partial charge is 0.409 e. The Hall–Kier alpha value is -1.59. The van der Waals surface area contributed by atoms with Crippen molar-refractivity contribution < 1.29 is 9.53 Å². The van der Waals surface area contributed by atoms with Crippen LogP contribution in [-0.4, -0.2) is 64.5 Å². The highest BCUT2D eigenvalue weighted by Gasteiger charge is 2.24. The van der Waals surface area contributed by atoms with E-state index in [0.717, 1.165) is 31.2 Å². The SMILES string of the molecule is CCOC(=O)N1CCC(NC(=NC)NCc2nncn2CC)CC1.I. The highest BCUT2D eigenvalue weighted by Crippen LogP contribution is 2.11. The molecule has 1 fully saturated rings. The zero-order chi connectivity index (χ0) is 17.4. The molecule has 142 valence electrons. The summed E-state index contributed by atoms with van der Waals surface area (Å²) in [5.74, 6) is 1.60. The summed E-state index contributed by atoms with van der Waals surface area (Å²) in [7, 11) is 1.74. The van der Waals surface area contributed by atoms with Crippen LogP contribution in [0.4, 0.5) is 4.79 Å². The van der Waals surface area contributed by atoms with E-state index in [1.165, 1.54) is 0 Å². The summed E-state index contributed by atoms with van der Waals surface area (Å²) in [4.78, 5) is 17.7. The molecule has 0 spiro atoms. The van der Waals surface area contributed by atoms with Gasteiger partial charge in [-0.1, -0.05) is 0 Å². The molecule has 0 atom stereocenters. The molecular formula is C15H28IN7O2. The van der Waals surface area contributed by atoms with Gasteiger partial charge in [-0.05, 0) is 26.7 Å². The number of nitrogens with zero attached hydrogens (tertiary/aromatic N) is 5. The first kappa shape index (κ1) is 21.5. The van der Waals surface area contributed by atoms with Gasteiger partial charge < -0.3 is 24.8 Å². The Bertz CT molecular complexity index is 556. The van der Waals surface area contributed by atoms with E-state index in [2.05, 4.69) is 32.7 Å². The molecule has 0 aromatic carbocycles. The van der Waals surface area contributed by atoms with Crippen molar-refractivity contribution in [2.45, 2.75) is 45.8 Å². The Morgan fingerprint density at radius 3 is 2.72 bits per heavy atom. The second-order valence-electron chi connectivity index (χ2n) is 5.56. The lowest BCUT2D eigenvalue weighted by atomic mass is 10.1. The van der Waals surface area contributed by atoms with Crippen molar-refractivity contribution in [3.8, 4) is 0 Å². The van der Waals surface area contributed by atoms with E-state index < -0.39 is 0 Å². The van der Waals surface area contributed by atoms with E-state index in [9.17, 15) is 4.79 Å². The minimum absolute atomic E-state index is 0. The fourth-order valence-corrected chi connectivity index (χ4v) is 2.65. The van der Waals surface area contributed by atoms with Gasteiger partial charge in [0.1, 0.15) is 6.33 Å². The van der Waals surface area contributed by atoms with Crippen molar-refractivity contribution in [2.75, 3.05) is 26.7 Å². The summed E-state index contributed by atoms with van der Waals surface area (Å²) >= 11 is 0. The average Bonchev–Trinajstić information content (AvgIpc) is 3.07. The molecule has 2 rings (SSSR count). The number of amides is 1. The van der Waals surface area contributed by atoms with Crippen LogP contribution in [0.15, 0.2) is 11.3 Å². The van der Waals surface area contributed by atoms with Gasteiger partial charge in [0.25, 0.3) is 0 Å². The normalized spacial score (nSPS) is 15.5. The Balaban J connectivity index is 0.00000312. The maximum absolute atomic E-state index is 11.7. The van der Waals surface area contributed by atoms with E-state index in [-0.39, 0.29) is 36.1 Å². The number of guanidine groups is 1. The number of rotatable bonds is 5. The number of aliphatic imine (C=N–C) groups is 1. The second-order valence-corrected chi connectivity index (χ2v) is 5.56. The molecule has 1 saturated heterocycles. The average molecular weight is 465 g/mol. The minimum Gasteiger partial charge on any atom is -0.450 e. The van der Waals surface area contributed by atoms with Gasteiger partial charge in [0.05, 0.1) is 13.2 Å². The van der Waals surface area contributed by atoms with Crippen LogP contribution in [0.5, 0.6) is 0 Å². The molecule has 1 aromatic rings. The number of likely N-dealkylation sites (tertiary alicyclic amines) is 1. The Morgan fingerprint density at radius 1 is 1.40 bits per heavy atom. The van der Waals surface area contributed by atoms with Gasteiger partial charge in [-0.15, -0.1) is 34.2 Å². The number of carbonyl (C=O) groups excluding carboxylic acids is 1. The third-order valence-electron chi connectivity index (χ3n) is 4.04. The van der Waals surface area contributed by atoms with Crippen molar-refractivity contribution in [3.05, 3.63) is 12.2 Å². The Kier molecular flexibility index (Phi) is 9.53. The molecule has 2 heterocycles. The van der Waals surface area contributed by atoms with Gasteiger partial charge in [0.2, 0.25) is 0 Å². The quantitative estimate of drug-likeness (QED) is 0.386. The zero-order valence-corrected chi connectivity index (χ0v) is 17.4. The predicted molar refractivity (Wildman–Crippen MR) is 106 cm³/mol. The number of aryl methyl sites for hydroxylation is 1. The molecule has 10 heteroatoms. The summed E-state index contributed by atoms with van der Waals surface area (Å²) < 4.78 is 7.02. The number of ether oxygens (including phenoxy) is 1. The standard InChI is InChI=1S/C15H27N7O2.HI/c1-4-21-11-18-20-13(21)10-17-14(16-3)19-12-6-8-22(9-7-12)15(23)24-5-2;/h11-12H,4-10H2,1-3H3,(H2,16,17,19);1H. The third kappa shape index (κ3) is 6.33. The molecule has 2 N–H and O–H groups in total. The fourth-order valence-electron chi connectivity index (χ4n) is 2.65. The molecule has 9 nitrogen and oxygen atoms in total. The molecule has 25 heavy (non-hydrogen) atoms. The monoisotopic (exact) mass is 465 g/mol. The van der Waals surface area contributed by atoms with Crippen LogP contribution < -0.4 is 10.6 Å². The first-order valence-corrected chi connectivity index (χ1v) is 8.43. The lowest BCUT2D eigenvalue weighted by molar-refractivity contribution is 0.0963. The molecule has 0 radical (unpaired) electrons. The maximum atomic E-state index is 11.7. The number of aromatic nitrogens is 3. The summed E-state index contributed by atoms with van der Waals surface area (Å²) in [5, 5.41) is 14.7. The molecule has 0 aliphatic carbocycles. The summed E-state index contributed by atoms with van der Waals surface area (Å²) in [6.45, 7) is 7.07. The van der Waals surface area contributed by atoms with Gasteiger partial charge >= 0.3 is 6.09 Å².